The molecule has 1 N–H and O–H groups in total. The molecule has 1 amide bonds. The van der Waals surface area contributed by atoms with Crippen LogP contribution in [0.25, 0.3) is 6.08 Å². The van der Waals surface area contributed by atoms with Gasteiger partial charge in [0.15, 0.2) is 0 Å². The Hall–Kier alpha value is -3.34. The zero-order valence-corrected chi connectivity index (χ0v) is 21.2. The highest BCUT2D eigenvalue weighted by molar-refractivity contribution is 5.95. The molecule has 0 spiro atoms. The Balaban J connectivity index is 1.25. The lowest BCUT2D eigenvalue weighted by atomic mass is 9.86. The third-order valence-electron chi connectivity index (χ3n) is 8.46. The van der Waals surface area contributed by atoms with E-state index >= 15 is 0 Å². The number of nitrogens with one attached hydrogen (secondary N) is 1. The van der Waals surface area contributed by atoms with Crippen LogP contribution < -0.4 is 0 Å². The summed E-state index contributed by atoms with van der Waals surface area (Å²) in [6.07, 6.45) is 15.7. The standard InChI is InChI=1S/C31H36N4O/c1-22-19-24(31(36)35(27-13-8-14-27)26-11-6-3-7-12-26)15-16-25(22)20-34-18-17-28-29(33-21-32-28)30(34)23-9-4-2-5-10-23/h2,4-5,9-10,15-19,21,26-27,30H,3,6-8,11-14,20H2,1H3,(H,32,33). The van der Waals surface area contributed by atoms with Crippen molar-refractivity contribution in [2.75, 3.05) is 0 Å². The average molecular weight is 481 g/mol. The highest BCUT2D eigenvalue weighted by Gasteiger charge is 2.35. The summed E-state index contributed by atoms with van der Waals surface area (Å²) in [5, 5.41) is 0. The van der Waals surface area contributed by atoms with E-state index in [4.69, 9.17) is 0 Å². The van der Waals surface area contributed by atoms with Gasteiger partial charge in [0.1, 0.15) is 0 Å². The van der Waals surface area contributed by atoms with Crippen molar-refractivity contribution in [1.29, 1.82) is 0 Å². The molecule has 36 heavy (non-hydrogen) atoms. The van der Waals surface area contributed by atoms with Gasteiger partial charge in [-0.25, -0.2) is 4.98 Å². The van der Waals surface area contributed by atoms with E-state index < -0.39 is 0 Å². The summed E-state index contributed by atoms with van der Waals surface area (Å²) in [5.41, 5.74) is 6.62. The summed E-state index contributed by atoms with van der Waals surface area (Å²) in [7, 11) is 0. The van der Waals surface area contributed by atoms with Crippen LogP contribution in [0.3, 0.4) is 0 Å². The number of aromatic nitrogens is 2. The van der Waals surface area contributed by atoms with E-state index in [-0.39, 0.29) is 11.9 Å². The maximum atomic E-state index is 13.8. The van der Waals surface area contributed by atoms with Gasteiger partial charge in [-0.1, -0.05) is 55.7 Å². The third kappa shape index (κ3) is 4.36. The van der Waals surface area contributed by atoms with Crippen molar-refractivity contribution in [2.24, 2.45) is 0 Å². The quantitative estimate of drug-likeness (QED) is 0.431. The van der Waals surface area contributed by atoms with Gasteiger partial charge in [-0.3, -0.25) is 4.79 Å². The number of carbonyl (C=O) groups is 1. The van der Waals surface area contributed by atoms with Crippen LogP contribution in [0, 0.1) is 6.92 Å². The van der Waals surface area contributed by atoms with Crippen LogP contribution in [-0.4, -0.2) is 37.8 Å². The van der Waals surface area contributed by atoms with Crippen LogP contribution >= 0.6 is 0 Å². The molecule has 3 aromatic rings. The fourth-order valence-corrected chi connectivity index (χ4v) is 6.23. The van der Waals surface area contributed by atoms with Gasteiger partial charge in [0, 0.05) is 30.4 Å². The molecular formula is C31H36N4O. The molecule has 1 atom stereocenters. The molecule has 2 heterocycles. The first-order chi connectivity index (χ1) is 17.7. The Labute approximate surface area is 214 Å². The first kappa shape index (κ1) is 23.1. The predicted octanol–water partition coefficient (Wildman–Crippen LogP) is 6.62. The lowest BCUT2D eigenvalue weighted by Gasteiger charge is -2.44. The SMILES string of the molecule is Cc1cc(C(=O)N(C2CCCCC2)C2CCC2)ccc1CN1C=Cc2nc[nH]c2C1c1ccccc1. The van der Waals surface area contributed by atoms with Crippen molar-refractivity contribution in [3.05, 3.63) is 94.7 Å². The number of carbonyl (C=O) groups excluding carboxylic acids is 1. The van der Waals surface area contributed by atoms with E-state index in [1.54, 1.807) is 6.33 Å². The van der Waals surface area contributed by atoms with Crippen molar-refractivity contribution in [3.63, 3.8) is 0 Å². The van der Waals surface area contributed by atoms with E-state index in [2.05, 4.69) is 87.5 Å². The van der Waals surface area contributed by atoms with Crippen LogP contribution in [0.2, 0.25) is 0 Å². The molecule has 5 nitrogen and oxygen atoms in total. The number of H-pyrrole nitrogens is 1. The van der Waals surface area contributed by atoms with Crippen LogP contribution in [-0.2, 0) is 6.54 Å². The number of amides is 1. The lowest BCUT2D eigenvalue weighted by Crippen LogP contribution is -2.50. The van der Waals surface area contributed by atoms with Crippen LogP contribution in [0.15, 0.2) is 61.1 Å². The van der Waals surface area contributed by atoms with Crippen molar-refractivity contribution in [1.82, 2.24) is 19.8 Å². The minimum absolute atomic E-state index is 0.0785. The lowest BCUT2D eigenvalue weighted by molar-refractivity contribution is 0.0370. The molecule has 186 valence electrons. The normalized spacial score (nSPS) is 20.1. The Kier molecular flexibility index (Phi) is 6.39. The van der Waals surface area contributed by atoms with E-state index in [1.807, 2.05) is 0 Å². The van der Waals surface area contributed by atoms with Gasteiger partial charge < -0.3 is 14.8 Å². The molecule has 5 heteroatoms. The van der Waals surface area contributed by atoms with E-state index in [0.717, 1.165) is 49.2 Å². The molecule has 1 aromatic heterocycles. The Bertz CT molecular complexity index is 1240. The summed E-state index contributed by atoms with van der Waals surface area (Å²) in [4.78, 5) is 26.3. The van der Waals surface area contributed by atoms with Gasteiger partial charge in [0.2, 0.25) is 0 Å². The number of hydrogen-bond donors (Lipinski definition) is 1. The molecule has 1 aliphatic heterocycles. The first-order valence-electron chi connectivity index (χ1n) is 13.6. The number of aryl methyl sites for hydroxylation is 1. The van der Waals surface area contributed by atoms with Gasteiger partial charge in [-0.2, -0.15) is 0 Å². The molecule has 0 saturated heterocycles. The Morgan fingerprint density at radius 1 is 1.00 bits per heavy atom. The topological polar surface area (TPSA) is 52.2 Å². The van der Waals surface area contributed by atoms with Crippen molar-refractivity contribution < 1.29 is 4.79 Å². The van der Waals surface area contributed by atoms with Crippen molar-refractivity contribution >= 4 is 12.0 Å². The minimum Gasteiger partial charge on any atom is -0.360 e. The third-order valence-corrected chi connectivity index (χ3v) is 8.46. The number of aromatic amines is 1. The monoisotopic (exact) mass is 480 g/mol. The highest BCUT2D eigenvalue weighted by atomic mass is 16.2. The number of fused-ring (bicyclic) bond motifs is 1. The maximum Gasteiger partial charge on any atom is 0.254 e. The molecule has 1 unspecified atom stereocenters. The van der Waals surface area contributed by atoms with Gasteiger partial charge in [0.05, 0.1) is 23.8 Å². The van der Waals surface area contributed by atoms with Crippen LogP contribution in [0.5, 0.6) is 0 Å². The van der Waals surface area contributed by atoms with Crippen molar-refractivity contribution in [2.45, 2.75) is 83.0 Å². The van der Waals surface area contributed by atoms with E-state index in [0.29, 0.717) is 12.1 Å². The summed E-state index contributed by atoms with van der Waals surface area (Å²) in [6, 6.07) is 17.9. The summed E-state index contributed by atoms with van der Waals surface area (Å²) < 4.78 is 0. The average Bonchev–Trinajstić information content (AvgIpc) is 3.36. The summed E-state index contributed by atoms with van der Waals surface area (Å²) in [5.74, 6) is 0.239. The van der Waals surface area contributed by atoms with Gasteiger partial charge in [-0.05, 0) is 73.9 Å². The zero-order chi connectivity index (χ0) is 24.5. The molecule has 0 radical (unpaired) electrons. The fourth-order valence-electron chi connectivity index (χ4n) is 6.23. The summed E-state index contributed by atoms with van der Waals surface area (Å²) >= 11 is 0. The number of hydrogen-bond acceptors (Lipinski definition) is 3. The van der Waals surface area contributed by atoms with E-state index in [9.17, 15) is 4.79 Å². The number of imidazole rings is 1. The van der Waals surface area contributed by atoms with Gasteiger partial charge in [0.25, 0.3) is 5.91 Å². The first-order valence-corrected chi connectivity index (χ1v) is 13.6. The van der Waals surface area contributed by atoms with Gasteiger partial charge in [-0.15, -0.1) is 0 Å². The van der Waals surface area contributed by atoms with Crippen molar-refractivity contribution in [3.8, 4) is 0 Å². The smallest absolute Gasteiger partial charge is 0.254 e. The molecule has 6 rings (SSSR count). The number of benzene rings is 2. The summed E-state index contributed by atoms with van der Waals surface area (Å²) in [6.45, 7) is 2.91. The number of nitrogens with zero attached hydrogens (tertiary/aromatic N) is 3. The Morgan fingerprint density at radius 2 is 1.75 bits per heavy atom. The zero-order valence-electron chi connectivity index (χ0n) is 21.2. The van der Waals surface area contributed by atoms with Crippen LogP contribution in [0.1, 0.15) is 95.8 Å². The second-order valence-electron chi connectivity index (χ2n) is 10.7. The maximum absolute atomic E-state index is 13.8. The molecular weight excluding hydrogens is 444 g/mol. The molecule has 2 aliphatic carbocycles. The molecule has 2 aromatic carbocycles. The fraction of sp³-hybridized carbons (Fsp3) is 0.419. The largest absolute Gasteiger partial charge is 0.360 e. The molecule has 0 bridgehead atoms. The highest BCUT2D eigenvalue weighted by Crippen LogP contribution is 2.36. The molecule has 2 saturated carbocycles. The van der Waals surface area contributed by atoms with Crippen LogP contribution in [0.4, 0.5) is 0 Å². The molecule has 2 fully saturated rings. The predicted molar refractivity (Wildman–Crippen MR) is 143 cm³/mol. The second kappa shape index (κ2) is 9.96. The van der Waals surface area contributed by atoms with E-state index in [1.165, 1.54) is 42.4 Å². The molecule has 3 aliphatic rings. The Morgan fingerprint density at radius 3 is 2.44 bits per heavy atom. The second-order valence-corrected chi connectivity index (χ2v) is 10.7. The number of rotatable bonds is 6. The minimum atomic E-state index is 0.0785. The van der Waals surface area contributed by atoms with Gasteiger partial charge >= 0.3 is 0 Å².